The zero-order valence-corrected chi connectivity index (χ0v) is 12.2. The van der Waals surface area contributed by atoms with Crippen molar-refractivity contribution in [2.45, 2.75) is 44.7 Å². The summed E-state index contributed by atoms with van der Waals surface area (Å²) in [7, 11) is 1.64. The Labute approximate surface area is 123 Å². The molecule has 1 aliphatic carbocycles. The molecule has 2 amide bonds. The highest BCUT2D eigenvalue weighted by Crippen LogP contribution is 2.26. The second kappa shape index (κ2) is 7.10. The standard InChI is InChI=1S/C14H22N4O3/c1-18(9-10-7-15-16-8-10)14(21)17-12(13(19)20)11-5-3-2-4-6-11/h7-8,11-12H,2-6,9H2,1H3,(H,15,16)(H,17,21)(H,19,20). The quantitative estimate of drug-likeness (QED) is 0.768. The van der Waals surface area contributed by atoms with Crippen molar-refractivity contribution in [1.29, 1.82) is 0 Å². The second-order valence-electron chi connectivity index (χ2n) is 5.63. The van der Waals surface area contributed by atoms with Gasteiger partial charge in [-0.25, -0.2) is 9.59 Å². The van der Waals surface area contributed by atoms with Gasteiger partial charge in [0.2, 0.25) is 0 Å². The van der Waals surface area contributed by atoms with E-state index >= 15 is 0 Å². The molecule has 1 aromatic rings. The van der Waals surface area contributed by atoms with Gasteiger partial charge in [0, 0.05) is 18.8 Å². The van der Waals surface area contributed by atoms with Gasteiger partial charge in [-0.1, -0.05) is 19.3 Å². The number of H-pyrrole nitrogens is 1. The third kappa shape index (κ3) is 4.21. The molecule has 0 bridgehead atoms. The van der Waals surface area contributed by atoms with E-state index in [-0.39, 0.29) is 11.9 Å². The SMILES string of the molecule is CN(Cc1cn[nH]c1)C(=O)NC(C(=O)O)C1CCCCC1. The Balaban J connectivity index is 1.92. The van der Waals surface area contributed by atoms with Crippen molar-refractivity contribution in [2.24, 2.45) is 5.92 Å². The molecule has 0 radical (unpaired) electrons. The number of aromatic nitrogens is 2. The first-order chi connectivity index (χ1) is 10.1. The second-order valence-corrected chi connectivity index (χ2v) is 5.63. The number of nitrogens with one attached hydrogen (secondary N) is 2. The molecular weight excluding hydrogens is 272 g/mol. The first-order valence-electron chi connectivity index (χ1n) is 7.30. The van der Waals surface area contributed by atoms with E-state index in [1.165, 1.54) is 4.90 Å². The normalized spacial score (nSPS) is 17.2. The molecule has 1 saturated carbocycles. The summed E-state index contributed by atoms with van der Waals surface area (Å²) in [4.78, 5) is 25.0. The van der Waals surface area contributed by atoms with Crippen molar-refractivity contribution in [2.75, 3.05) is 7.05 Å². The summed E-state index contributed by atoms with van der Waals surface area (Å²) < 4.78 is 0. The van der Waals surface area contributed by atoms with Crippen LogP contribution in [0.25, 0.3) is 0 Å². The monoisotopic (exact) mass is 294 g/mol. The lowest BCUT2D eigenvalue weighted by Crippen LogP contribution is -2.50. The molecule has 1 heterocycles. The number of carbonyl (C=O) groups excluding carboxylic acids is 1. The van der Waals surface area contributed by atoms with Gasteiger partial charge in [0.1, 0.15) is 6.04 Å². The lowest BCUT2D eigenvalue weighted by molar-refractivity contribution is -0.141. The lowest BCUT2D eigenvalue weighted by Gasteiger charge is -2.29. The zero-order valence-electron chi connectivity index (χ0n) is 12.2. The number of hydrogen-bond acceptors (Lipinski definition) is 3. The molecule has 1 aliphatic rings. The highest BCUT2D eigenvalue weighted by Gasteiger charge is 2.31. The predicted molar refractivity (Wildman–Crippen MR) is 76.6 cm³/mol. The minimum atomic E-state index is -0.952. The lowest BCUT2D eigenvalue weighted by atomic mass is 9.84. The minimum absolute atomic E-state index is 0.0301. The number of hydrogen-bond donors (Lipinski definition) is 3. The number of aromatic amines is 1. The summed E-state index contributed by atoms with van der Waals surface area (Å²) in [5, 5.41) is 18.5. The van der Waals surface area contributed by atoms with Crippen LogP contribution in [0, 0.1) is 5.92 Å². The van der Waals surface area contributed by atoms with Gasteiger partial charge in [-0.3, -0.25) is 5.10 Å². The maximum Gasteiger partial charge on any atom is 0.326 e. The van der Waals surface area contributed by atoms with Crippen LogP contribution in [-0.4, -0.2) is 45.3 Å². The summed E-state index contributed by atoms with van der Waals surface area (Å²) >= 11 is 0. The van der Waals surface area contributed by atoms with E-state index in [1.54, 1.807) is 19.4 Å². The van der Waals surface area contributed by atoms with Gasteiger partial charge < -0.3 is 15.3 Å². The van der Waals surface area contributed by atoms with Crippen LogP contribution >= 0.6 is 0 Å². The fraction of sp³-hybridized carbons (Fsp3) is 0.643. The molecule has 0 saturated heterocycles. The zero-order chi connectivity index (χ0) is 15.2. The molecule has 7 heteroatoms. The van der Waals surface area contributed by atoms with E-state index < -0.39 is 12.0 Å². The highest BCUT2D eigenvalue weighted by atomic mass is 16.4. The Morgan fingerprint density at radius 2 is 2.19 bits per heavy atom. The van der Waals surface area contributed by atoms with E-state index in [0.717, 1.165) is 37.7 Å². The summed E-state index contributed by atoms with van der Waals surface area (Å²) in [6, 6.07) is -1.17. The summed E-state index contributed by atoms with van der Waals surface area (Å²) in [6.07, 6.45) is 8.30. The van der Waals surface area contributed by atoms with Crippen LogP contribution in [0.1, 0.15) is 37.7 Å². The molecule has 7 nitrogen and oxygen atoms in total. The van der Waals surface area contributed by atoms with E-state index in [0.29, 0.717) is 6.54 Å². The number of amides is 2. The third-order valence-corrected chi connectivity index (χ3v) is 3.99. The van der Waals surface area contributed by atoms with Crippen molar-refractivity contribution in [3.63, 3.8) is 0 Å². The summed E-state index contributed by atoms with van der Waals surface area (Å²) in [5.41, 5.74) is 0.872. The molecule has 0 aliphatic heterocycles. The molecule has 1 atom stereocenters. The largest absolute Gasteiger partial charge is 0.480 e. The maximum absolute atomic E-state index is 12.1. The number of carbonyl (C=O) groups is 2. The number of carboxylic acid groups (broad SMARTS) is 1. The van der Waals surface area contributed by atoms with Crippen LogP contribution in [0.15, 0.2) is 12.4 Å². The van der Waals surface area contributed by atoms with E-state index in [4.69, 9.17) is 0 Å². The molecule has 3 N–H and O–H groups in total. The third-order valence-electron chi connectivity index (χ3n) is 3.99. The molecule has 116 valence electrons. The molecule has 0 aromatic carbocycles. The van der Waals surface area contributed by atoms with Gasteiger partial charge in [-0.05, 0) is 18.8 Å². The number of urea groups is 1. The average Bonchev–Trinajstić information content (AvgIpc) is 2.98. The Morgan fingerprint density at radius 3 is 2.76 bits per heavy atom. The van der Waals surface area contributed by atoms with Crippen molar-refractivity contribution in [3.8, 4) is 0 Å². The summed E-state index contributed by atoms with van der Waals surface area (Å²) in [6.45, 7) is 0.388. The number of aliphatic carboxylic acids is 1. The van der Waals surface area contributed by atoms with Gasteiger partial charge >= 0.3 is 12.0 Å². The topological polar surface area (TPSA) is 98.3 Å². The van der Waals surface area contributed by atoms with Crippen LogP contribution in [0.2, 0.25) is 0 Å². The maximum atomic E-state index is 12.1. The molecule has 0 spiro atoms. The number of nitrogens with zero attached hydrogens (tertiary/aromatic N) is 2. The predicted octanol–water partition coefficient (Wildman–Crippen LogP) is 1.58. The molecule has 2 rings (SSSR count). The van der Waals surface area contributed by atoms with Gasteiger partial charge in [0.05, 0.1) is 12.7 Å². The molecule has 1 aromatic heterocycles. The Hall–Kier alpha value is -2.05. The van der Waals surface area contributed by atoms with Gasteiger partial charge in [0.15, 0.2) is 0 Å². The van der Waals surface area contributed by atoms with Crippen molar-refractivity contribution < 1.29 is 14.7 Å². The molecule has 21 heavy (non-hydrogen) atoms. The smallest absolute Gasteiger partial charge is 0.326 e. The average molecular weight is 294 g/mol. The Bertz CT molecular complexity index is 469. The minimum Gasteiger partial charge on any atom is -0.480 e. The van der Waals surface area contributed by atoms with Crippen molar-refractivity contribution in [3.05, 3.63) is 18.0 Å². The van der Waals surface area contributed by atoms with Gasteiger partial charge in [0.25, 0.3) is 0 Å². The first kappa shape index (κ1) is 15.3. The van der Waals surface area contributed by atoms with Crippen molar-refractivity contribution in [1.82, 2.24) is 20.4 Å². The highest BCUT2D eigenvalue weighted by molar-refractivity contribution is 5.82. The summed E-state index contributed by atoms with van der Waals surface area (Å²) in [5.74, 6) is -0.922. The van der Waals surface area contributed by atoms with Crippen LogP contribution in [0.4, 0.5) is 4.79 Å². The van der Waals surface area contributed by atoms with Crippen LogP contribution < -0.4 is 5.32 Å². The fourth-order valence-corrected chi connectivity index (χ4v) is 2.80. The first-order valence-corrected chi connectivity index (χ1v) is 7.30. The Morgan fingerprint density at radius 1 is 1.48 bits per heavy atom. The van der Waals surface area contributed by atoms with Crippen LogP contribution in [-0.2, 0) is 11.3 Å². The van der Waals surface area contributed by atoms with E-state index in [9.17, 15) is 14.7 Å². The van der Waals surface area contributed by atoms with Crippen LogP contribution in [0.3, 0.4) is 0 Å². The van der Waals surface area contributed by atoms with Gasteiger partial charge in [-0.15, -0.1) is 0 Å². The fourth-order valence-electron chi connectivity index (χ4n) is 2.80. The van der Waals surface area contributed by atoms with Crippen LogP contribution in [0.5, 0.6) is 0 Å². The van der Waals surface area contributed by atoms with E-state index in [2.05, 4.69) is 15.5 Å². The van der Waals surface area contributed by atoms with E-state index in [1.807, 2.05) is 0 Å². The van der Waals surface area contributed by atoms with Crippen molar-refractivity contribution >= 4 is 12.0 Å². The number of rotatable bonds is 5. The van der Waals surface area contributed by atoms with Gasteiger partial charge in [-0.2, -0.15) is 5.10 Å². The molecule has 1 fully saturated rings. The Kier molecular flexibility index (Phi) is 5.19. The molecule has 1 unspecified atom stereocenters. The molecular formula is C14H22N4O3. The number of carboxylic acids is 1.